The second kappa shape index (κ2) is 5.99. The number of rotatable bonds is 3. The minimum atomic E-state index is -0.560. The van der Waals surface area contributed by atoms with Crippen molar-refractivity contribution in [3.05, 3.63) is 59.9 Å². The van der Waals surface area contributed by atoms with E-state index in [1.807, 2.05) is 18.2 Å². The maximum Gasteiger partial charge on any atom is 0.256 e. The highest BCUT2D eigenvalue weighted by Crippen LogP contribution is 2.22. The number of aromatic nitrogens is 2. The second-order valence-electron chi connectivity index (χ2n) is 5.29. The number of likely N-dealkylation sites (tertiary alicyclic amines) is 1. The Hall–Kier alpha value is -2.30. The van der Waals surface area contributed by atoms with Crippen LogP contribution in [0.1, 0.15) is 22.5 Å². The third-order valence-corrected chi connectivity index (χ3v) is 3.80. The highest BCUT2D eigenvalue weighted by Gasteiger charge is 2.28. The molecule has 4 nitrogen and oxygen atoms in total. The van der Waals surface area contributed by atoms with Gasteiger partial charge < -0.3 is 4.90 Å². The molecule has 0 radical (unpaired) electrons. The van der Waals surface area contributed by atoms with E-state index in [-0.39, 0.29) is 11.5 Å². The van der Waals surface area contributed by atoms with Crippen molar-refractivity contribution in [3.8, 4) is 0 Å². The Balaban J connectivity index is 1.65. The fourth-order valence-corrected chi connectivity index (χ4v) is 2.72. The van der Waals surface area contributed by atoms with Crippen molar-refractivity contribution in [2.24, 2.45) is 5.92 Å². The Labute approximate surface area is 122 Å². The van der Waals surface area contributed by atoms with E-state index in [1.165, 1.54) is 12.3 Å². The average Bonchev–Trinajstić information content (AvgIpc) is 2.97. The minimum Gasteiger partial charge on any atom is -0.338 e. The van der Waals surface area contributed by atoms with Crippen LogP contribution in [0.2, 0.25) is 0 Å². The summed E-state index contributed by atoms with van der Waals surface area (Å²) in [4.78, 5) is 22.0. The van der Waals surface area contributed by atoms with Gasteiger partial charge in [-0.15, -0.1) is 0 Å². The Bertz CT molecular complexity index is 632. The molecule has 0 saturated carbocycles. The van der Waals surface area contributed by atoms with E-state index in [4.69, 9.17) is 0 Å². The van der Waals surface area contributed by atoms with Crippen molar-refractivity contribution in [1.29, 1.82) is 0 Å². The molecule has 2 aromatic heterocycles. The Morgan fingerprint density at radius 2 is 2.24 bits per heavy atom. The first kappa shape index (κ1) is 13.7. The van der Waals surface area contributed by atoms with Gasteiger partial charge in [0.1, 0.15) is 0 Å². The summed E-state index contributed by atoms with van der Waals surface area (Å²) in [6.45, 7) is 1.31. The van der Waals surface area contributed by atoms with Gasteiger partial charge in [-0.05, 0) is 37.0 Å². The molecular formula is C16H16FN3O. The molecular weight excluding hydrogens is 269 g/mol. The molecule has 1 saturated heterocycles. The van der Waals surface area contributed by atoms with Crippen molar-refractivity contribution >= 4 is 5.91 Å². The quantitative estimate of drug-likeness (QED) is 0.869. The molecule has 5 heteroatoms. The molecule has 1 aliphatic heterocycles. The molecule has 1 fully saturated rings. The summed E-state index contributed by atoms with van der Waals surface area (Å²) in [5.41, 5.74) is 1.13. The molecule has 1 amide bonds. The lowest BCUT2D eigenvalue weighted by atomic mass is 10.0. The van der Waals surface area contributed by atoms with Gasteiger partial charge in [0.2, 0.25) is 0 Å². The zero-order chi connectivity index (χ0) is 14.7. The van der Waals surface area contributed by atoms with Gasteiger partial charge in [-0.1, -0.05) is 6.07 Å². The molecule has 1 unspecified atom stereocenters. The van der Waals surface area contributed by atoms with Crippen LogP contribution >= 0.6 is 0 Å². The molecule has 3 heterocycles. The second-order valence-corrected chi connectivity index (χ2v) is 5.29. The third kappa shape index (κ3) is 3.07. The summed E-state index contributed by atoms with van der Waals surface area (Å²) in [6, 6.07) is 7.28. The van der Waals surface area contributed by atoms with Crippen molar-refractivity contribution in [2.75, 3.05) is 13.1 Å². The monoisotopic (exact) mass is 285 g/mol. The van der Waals surface area contributed by atoms with Crippen LogP contribution in [0.25, 0.3) is 0 Å². The lowest BCUT2D eigenvalue weighted by Crippen LogP contribution is -2.29. The number of pyridine rings is 2. The molecule has 0 bridgehead atoms. The topological polar surface area (TPSA) is 46.1 Å². The van der Waals surface area contributed by atoms with Crippen molar-refractivity contribution < 1.29 is 9.18 Å². The molecule has 0 aromatic carbocycles. The number of halogens is 1. The molecule has 1 atom stereocenters. The predicted molar refractivity (Wildman–Crippen MR) is 76.1 cm³/mol. The largest absolute Gasteiger partial charge is 0.338 e. The Morgan fingerprint density at radius 1 is 1.33 bits per heavy atom. The van der Waals surface area contributed by atoms with E-state index in [0.717, 1.165) is 24.7 Å². The van der Waals surface area contributed by atoms with Gasteiger partial charge in [0.15, 0.2) is 5.82 Å². The van der Waals surface area contributed by atoms with Crippen molar-refractivity contribution in [3.63, 3.8) is 0 Å². The molecule has 3 rings (SSSR count). The van der Waals surface area contributed by atoms with E-state index in [2.05, 4.69) is 9.97 Å². The van der Waals surface area contributed by atoms with Crippen LogP contribution in [0.5, 0.6) is 0 Å². The average molecular weight is 285 g/mol. The highest BCUT2D eigenvalue weighted by atomic mass is 19.1. The summed E-state index contributed by atoms with van der Waals surface area (Å²) in [5, 5.41) is 0. The van der Waals surface area contributed by atoms with E-state index in [9.17, 15) is 9.18 Å². The number of hydrogen-bond donors (Lipinski definition) is 0. The van der Waals surface area contributed by atoms with Crippen LogP contribution in [0.3, 0.4) is 0 Å². The van der Waals surface area contributed by atoms with Gasteiger partial charge in [0.25, 0.3) is 5.91 Å². The van der Waals surface area contributed by atoms with E-state index < -0.39 is 5.82 Å². The summed E-state index contributed by atoms with van der Waals surface area (Å²) in [5.74, 6) is -0.428. The highest BCUT2D eigenvalue weighted by molar-refractivity contribution is 5.94. The fraction of sp³-hybridized carbons (Fsp3) is 0.312. The van der Waals surface area contributed by atoms with Gasteiger partial charge in [-0.25, -0.2) is 4.39 Å². The minimum absolute atomic E-state index is 0.100. The maximum atomic E-state index is 13.6. The van der Waals surface area contributed by atoms with Crippen LogP contribution in [-0.4, -0.2) is 33.9 Å². The number of carbonyl (C=O) groups is 1. The number of nitrogens with zero attached hydrogens (tertiary/aromatic N) is 3. The van der Waals surface area contributed by atoms with Crippen LogP contribution in [0, 0.1) is 11.7 Å². The normalized spacial score (nSPS) is 18.0. The predicted octanol–water partition coefficient (Wildman–Crippen LogP) is 2.32. The summed E-state index contributed by atoms with van der Waals surface area (Å²) >= 11 is 0. The molecule has 0 spiro atoms. The number of hydrogen-bond acceptors (Lipinski definition) is 3. The van der Waals surface area contributed by atoms with E-state index in [1.54, 1.807) is 11.1 Å². The van der Waals surface area contributed by atoms with Crippen LogP contribution < -0.4 is 0 Å². The fourth-order valence-electron chi connectivity index (χ4n) is 2.72. The molecule has 108 valence electrons. The van der Waals surface area contributed by atoms with Gasteiger partial charge in [-0.2, -0.15) is 0 Å². The van der Waals surface area contributed by atoms with Crippen molar-refractivity contribution in [1.82, 2.24) is 14.9 Å². The third-order valence-electron chi connectivity index (χ3n) is 3.80. The summed E-state index contributed by atoms with van der Waals surface area (Å²) < 4.78 is 13.6. The van der Waals surface area contributed by atoms with Crippen LogP contribution in [0.15, 0.2) is 42.9 Å². The molecule has 0 N–H and O–H groups in total. The zero-order valence-corrected chi connectivity index (χ0v) is 11.6. The molecule has 21 heavy (non-hydrogen) atoms. The van der Waals surface area contributed by atoms with Gasteiger partial charge in [-0.3, -0.25) is 14.8 Å². The zero-order valence-electron chi connectivity index (χ0n) is 11.6. The van der Waals surface area contributed by atoms with Gasteiger partial charge in [0.05, 0.1) is 11.8 Å². The number of amides is 1. The lowest BCUT2D eigenvalue weighted by Gasteiger charge is -2.16. The summed E-state index contributed by atoms with van der Waals surface area (Å²) in [6.07, 6.45) is 6.07. The van der Waals surface area contributed by atoms with Crippen molar-refractivity contribution in [2.45, 2.75) is 12.8 Å². The molecule has 1 aliphatic rings. The maximum absolute atomic E-state index is 13.6. The SMILES string of the molecule is O=C(c1ccncc1F)N1CCC(Cc2ccccn2)C1. The van der Waals surface area contributed by atoms with Gasteiger partial charge in [0, 0.05) is 31.2 Å². The molecule has 0 aliphatic carbocycles. The summed E-state index contributed by atoms with van der Waals surface area (Å²) in [7, 11) is 0. The first-order valence-electron chi connectivity index (χ1n) is 7.03. The Kier molecular flexibility index (Phi) is 3.90. The lowest BCUT2D eigenvalue weighted by molar-refractivity contribution is 0.0782. The van der Waals surface area contributed by atoms with Crippen LogP contribution in [-0.2, 0) is 6.42 Å². The Morgan fingerprint density at radius 3 is 3.00 bits per heavy atom. The van der Waals surface area contributed by atoms with Gasteiger partial charge >= 0.3 is 0 Å². The van der Waals surface area contributed by atoms with Crippen LogP contribution in [0.4, 0.5) is 4.39 Å². The molecule has 2 aromatic rings. The van der Waals surface area contributed by atoms with E-state index in [0.29, 0.717) is 19.0 Å². The first-order valence-corrected chi connectivity index (χ1v) is 7.03. The first-order chi connectivity index (χ1) is 10.2. The number of carbonyl (C=O) groups excluding carboxylic acids is 1. The van der Waals surface area contributed by atoms with E-state index >= 15 is 0 Å². The smallest absolute Gasteiger partial charge is 0.256 e. The standard InChI is InChI=1S/C16H16FN3O/c17-15-10-18-7-4-14(15)16(21)20-8-5-12(11-20)9-13-3-1-2-6-19-13/h1-4,6-7,10,12H,5,8-9,11H2.